The van der Waals surface area contributed by atoms with Crippen molar-refractivity contribution in [1.29, 1.82) is 0 Å². The molecule has 24 heavy (non-hydrogen) atoms. The largest absolute Gasteiger partial charge is 0.344 e. The van der Waals surface area contributed by atoms with E-state index in [1.165, 1.54) is 31.0 Å². The van der Waals surface area contributed by atoms with Crippen LogP contribution in [0, 0.1) is 23.2 Å². The number of hydrogen-bond acceptors (Lipinski definition) is 4. The van der Waals surface area contributed by atoms with E-state index in [0.717, 1.165) is 49.9 Å². The van der Waals surface area contributed by atoms with Gasteiger partial charge >= 0.3 is 5.69 Å². The zero-order valence-corrected chi connectivity index (χ0v) is 15.0. The first-order chi connectivity index (χ1) is 11.5. The Hall–Kier alpha value is -1.04. The van der Waals surface area contributed by atoms with E-state index in [-0.39, 0.29) is 16.4 Å². The quantitative estimate of drug-likeness (QED) is 0.831. The first kappa shape index (κ1) is 15.2. The third-order valence-corrected chi connectivity index (χ3v) is 7.86. The number of hydrogen-bond donors (Lipinski definition) is 1. The molecule has 0 amide bonds. The monoisotopic (exact) mass is 347 g/mol. The van der Waals surface area contributed by atoms with Crippen LogP contribution in [0.4, 0.5) is 0 Å². The van der Waals surface area contributed by atoms with Gasteiger partial charge in [-0.05, 0) is 76.0 Å². The van der Waals surface area contributed by atoms with Crippen molar-refractivity contribution in [1.82, 2.24) is 14.8 Å². The van der Waals surface area contributed by atoms with Crippen LogP contribution >= 0.6 is 11.8 Å². The number of carbonyl (C=O) groups excluding carboxylic acids is 1. The van der Waals surface area contributed by atoms with Crippen LogP contribution in [-0.2, 0) is 4.79 Å². The van der Waals surface area contributed by atoms with Crippen LogP contribution in [0.15, 0.2) is 9.95 Å². The first-order valence-electron chi connectivity index (χ1n) is 9.42. The Bertz CT molecular complexity index is 698. The predicted octanol–water partition coefficient (Wildman–Crippen LogP) is 3.17. The van der Waals surface area contributed by atoms with Gasteiger partial charge in [-0.3, -0.25) is 9.36 Å². The first-order valence-corrected chi connectivity index (χ1v) is 10.3. The summed E-state index contributed by atoms with van der Waals surface area (Å²) in [5.41, 5.74) is -0.197. The zero-order valence-electron chi connectivity index (χ0n) is 14.2. The number of rotatable bonds is 5. The second kappa shape index (κ2) is 5.23. The highest BCUT2D eigenvalue weighted by Crippen LogP contribution is 2.61. The second-order valence-corrected chi connectivity index (χ2v) is 10.0. The average Bonchev–Trinajstić information content (AvgIpc) is 3.29. The number of H-pyrrole nitrogens is 1. The lowest BCUT2D eigenvalue weighted by Crippen LogP contribution is -2.51. The molecule has 1 heterocycles. The van der Waals surface area contributed by atoms with Crippen molar-refractivity contribution in [2.45, 2.75) is 74.7 Å². The molecule has 5 saturated carbocycles. The van der Waals surface area contributed by atoms with Gasteiger partial charge in [0, 0.05) is 11.5 Å². The van der Waals surface area contributed by atoms with Gasteiger partial charge in [-0.25, -0.2) is 9.89 Å². The molecule has 5 fully saturated rings. The lowest BCUT2D eigenvalue weighted by Gasteiger charge is -2.56. The van der Waals surface area contributed by atoms with Gasteiger partial charge in [0.15, 0.2) is 10.9 Å². The van der Waals surface area contributed by atoms with Crippen molar-refractivity contribution >= 4 is 17.5 Å². The summed E-state index contributed by atoms with van der Waals surface area (Å²) in [7, 11) is 0. The van der Waals surface area contributed by atoms with E-state index < -0.39 is 0 Å². The number of nitrogens with one attached hydrogen (secondary N) is 1. The summed E-state index contributed by atoms with van der Waals surface area (Å²) in [6.07, 6.45) is 9.49. The molecule has 0 spiro atoms. The Kier molecular flexibility index (Phi) is 3.32. The number of ketones is 1. The van der Waals surface area contributed by atoms with Crippen LogP contribution in [0.1, 0.15) is 64.3 Å². The summed E-state index contributed by atoms with van der Waals surface area (Å²) in [6.45, 7) is 2.02. The van der Waals surface area contributed by atoms with Crippen LogP contribution in [0.5, 0.6) is 0 Å². The molecule has 1 aromatic rings. The summed E-state index contributed by atoms with van der Waals surface area (Å²) >= 11 is 1.49. The lowest BCUT2D eigenvalue weighted by molar-refractivity contribution is -0.142. The molecule has 0 radical (unpaired) electrons. The van der Waals surface area contributed by atoms with Crippen molar-refractivity contribution in [3.8, 4) is 0 Å². The van der Waals surface area contributed by atoms with Crippen LogP contribution in [0.25, 0.3) is 0 Å². The molecule has 0 aliphatic heterocycles. The van der Waals surface area contributed by atoms with Crippen molar-refractivity contribution in [2.24, 2.45) is 23.2 Å². The van der Waals surface area contributed by atoms with Gasteiger partial charge in [0.1, 0.15) is 0 Å². The molecule has 0 saturated heterocycles. The van der Waals surface area contributed by atoms with Gasteiger partial charge in [-0.1, -0.05) is 11.8 Å². The maximum atomic E-state index is 13.4. The summed E-state index contributed by atoms with van der Waals surface area (Å²) < 4.78 is 1.76. The minimum Gasteiger partial charge on any atom is -0.298 e. The van der Waals surface area contributed by atoms with E-state index in [0.29, 0.717) is 17.0 Å². The van der Waals surface area contributed by atoms with E-state index in [1.54, 1.807) is 4.57 Å². The third-order valence-electron chi connectivity index (χ3n) is 6.80. The predicted molar refractivity (Wildman–Crippen MR) is 92.0 cm³/mol. The van der Waals surface area contributed by atoms with E-state index in [9.17, 15) is 9.59 Å². The van der Waals surface area contributed by atoms with Crippen LogP contribution in [0.2, 0.25) is 0 Å². The highest BCUT2D eigenvalue weighted by Gasteiger charge is 2.55. The number of carbonyl (C=O) groups is 1. The second-order valence-electron chi connectivity index (χ2n) is 8.73. The molecule has 5 aliphatic rings. The SMILES string of the molecule is CC(Sc1n[nH]c(=O)n1C1CC1)C(=O)C12CC3CC(CC(C3)C1)C2. The fourth-order valence-electron chi connectivity index (χ4n) is 6.08. The number of nitrogens with zero attached hydrogens (tertiary/aromatic N) is 2. The smallest absolute Gasteiger partial charge is 0.298 e. The van der Waals surface area contributed by atoms with E-state index in [4.69, 9.17) is 0 Å². The molecule has 6 heteroatoms. The Morgan fingerprint density at radius 3 is 2.33 bits per heavy atom. The highest BCUT2D eigenvalue weighted by atomic mass is 32.2. The molecule has 5 aliphatic carbocycles. The maximum absolute atomic E-state index is 13.4. The van der Waals surface area contributed by atoms with Gasteiger partial charge in [0.05, 0.1) is 5.25 Å². The van der Waals surface area contributed by atoms with Crippen LogP contribution < -0.4 is 5.69 Å². The fourth-order valence-corrected chi connectivity index (χ4v) is 7.20. The summed E-state index contributed by atoms with van der Waals surface area (Å²) in [5, 5.41) is 7.33. The Labute approximate surface area is 146 Å². The molecular weight excluding hydrogens is 322 g/mol. The zero-order chi connectivity index (χ0) is 16.5. The molecule has 1 N–H and O–H groups in total. The molecule has 4 bridgehead atoms. The lowest BCUT2D eigenvalue weighted by atomic mass is 9.48. The van der Waals surface area contributed by atoms with Gasteiger partial charge in [0.2, 0.25) is 0 Å². The molecule has 0 aromatic carbocycles. The summed E-state index contributed by atoms with van der Waals surface area (Å²) in [5.74, 6) is 2.77. The maximum Gasteiger partial charge on any atom is 0.344 e. The standard InChI is InChI=1S/C18H25N3O2S/c1-10(24-17-20-19-16(23)21(17)14-2-3-14)15(22)18-7-11-4-12(8-18)6-13(5-11)9-18/h10-14H,2-9H2,1H3,(H,19,23). The normalized spacial score (nSPS) is 38.5. The van der Waals surface area contributed by atoms with E-state index in [2.05, 4.69) is 10.2 Å². The van der Waals surface area contributed by atoms with E-state index >= 15 is 0 Å². The van der Waals surface area contributed by atoms with Gasteiger partial charge in [-0.15, -0.1) is 5.10 Å². The Morgan fingerprint density at radius 1 is 1.21 bits per heavy atom. The van der Waals surface area contributed by atoms with E-state index in [1.807, 2.05) is 6.92 Å². The molecule has 6 rings (SSSR count). The van der Waals surface area contributed by atoms with Crippen LogP contribution in [0.3, 0.4) is 0 Å². The molecular formula is C18H25N3O2S. The van der Waals surface area contributed by atoms with Gasteiger partial charge < -0.3 is 0 Å². The number of thioether (sulfide) groups is 1. The minimum atomic E-state index is -0.130. The topological polar surface area (TPSA) is 67.8 Å². The highest BCUT2D eigenvalue weighted by molar-refractivity contribution is 8.00. The van der Waals surface area contributed by atoms with Crippen LogP contribution in [-0.4, -0.2) is 25.8 Å². The average molecular weight is 347 g/mol. The summed E-state index contributed by atoms with van der Waals surface area (Å²) in [6, 6.07) is 0.292. The number of aromatic amines is 1. The third kappa shape index (κ3) is 2.32. The van der Waals surface area contributed by atoms with Crippen molar-refractivity contribution in [3.63, 3.8) is 0 Å². The van der Waals surface area contributed by atoms with Gasteiger partial charge in [-0.2, -0.15) is 0 Å². The summed E-state index contributed by atoms with van der Waals surface area (Å²) in [4.78, 5) is 25.3. The Morgan fingerprint density at radius 2 is 1.79 bits per heavy atom. The van der Waals surface area contributed by atoms with Gasteiger partial charge in [0.25, 0.3) is 0 Å². The Balaban J connectivity index is 1.37. The molecule has 1 aromatic heterocycles. The number of aromatic nitrogens is 3. The molecule has 1 unspecified atom stereocenters. The molecule has 1 atom stereocenters. The number of Topliss-reactive ketones (excluding diaryl/α,β-unsaturated/α-hetero) is 1. The minimum absolute atomic E-state index is 0.0673. The molecule has 5 nitrogen and oxygen atoms in total. The van der Waals surface area contributed by atoms with Crippen molar-refractivity contribution in [2.75, 3.05) is 0 Å². The van der Waals surface area contributed by atoms with Crippen molar-refractivity contribution < 1.29 is 4.79 Å². The van der Waals surface area contributed by atoms with Crippen molar-refractivity contribution in [3.05, 3.63) is 10.5 Å². The fraction of sp³-hybridized carbons (Fsp3) is 0.833. The molecule has 130 valence electrons.